The summed E-state index contributed by atoms with van der Waals surface area (Å²) >= 11 is 0.970. The zero-order chi connectivity index (χ0) is 21.3. The Hall–Kier alpha value is -3.32. The molecular formula is C16H17N5O7S. The van der Waals surface area contributed by atoms with Gasteiger partial charge in [0, 0.05) is 19.2 Å². The number of fused-ring (bicyclic) bond motifs is 1. The number of non-ortho nitro benzene ring substituents is 1. The highest BCUT2D eigenvalue weighted by Crippen LogP contribution is 2.35. The molecule has 2 unspecified atom stereocenters. The number of anilines is 2. The molecule has 12 nitrogen and oxygen atoms in total. The lowest BCUT2D eigenvalue weighted by molar-refractivity contribution is -0.384. The van der Waals surface area contributed by atoms with Crippen LogP contribution in [0.15, 0.2) is 33.9 Å². The Morgan fingerprint density at radius 3 is 2.59 bits per heavy atom. The number of carbonyl (C=O) groups is 1. The monoisotopic (exact) mass is 423 g/mol. The smallest absolute Gasteiger partial charge is 0.329 e. The van der Waals surface area contributed by atoms with Crippen molar-refractivity contribution in [2.75, 3.05) is 22.5 Å². The van der Waals surface area contributed by atoms with Crippen LogP contribution in [0.5, 0.6) is 0 Å². The van der Waals surface area contributed by atoms with Crippen molar-refractivity contribution >= 4 is 34.9 Å². The highest BCUT2D eigenvalue weighted by molar-refractivity contribution is 8.00. The molecule has 1 aromatic heterocycles. The van der Waals surface area contributed by atoms with Gasteiger partial charge in [-0.05, 0) is 17.7 Å². The van der Waals surface area contributed by atoms with Crippen LogP contribution >= 0.6 is 11.8 Å². The number of nitrogens with zero attached hydrogens (tertiary/aromatic N) is 3. The maximum atomic E-state index is 12.4. The van der Waals surface area contributed by atoms with Crippen LogP contribution in [0.3, 0.4) is 0 Å². The third kappa shape index (κ3) is 4.09. The molecule has 0 saturated carbocycles. The molecular weight excluding hydrogens is 406 g/mol. The van der Waals surface area contributed by atoms with Gasteiger partial charge in [0.05, 0.1) is 23.3 Å². The first-order valence-corrected chi connectivity index (χ1v) is 9.36. The number of rotatable bonds is 7. The molecule has 3 rings (SSSR count). The van der Waals surface area contributed by atoms with E-state index in [1.54, 1.807) is 0 Å². The molecule has 2 heterocycles. The number of aromatic nitrogens is 2. The number of H-pyrrole nitrogens is 1. The topological polar surface area (TPSA) is 171 Å². The molecule has 154 valence electrons. The number of nitrogens with one attached hydrogen (secondary N) is 2. The molecule has 4 N–H and O–H groups in total. The van der Waals surface area contributed by atoms with Crippen LogP contribution in [-0.4, -0.2) is 48.5 Å². The minimum absolute atomic E-state index is 0.0935. The zero-order valence-electron chi connectivity index (χ0n) is 15.1. The number of aliphatic hydroxyl groups is 1. The number of β-amino-alcohol motifs (C(OH)–C–C–N with tert-alkyl or cyclic N) is 1. The van der Waals surface area contributed by atoms with Crippen LogP contribution in [0.2, 0.25) is 0 Å². The number of aromatic amines is 1. The standard InChI is InChI=1S/C16H17N5O7S/c1-19-13-12(14(25)18-15(19)26)20(16(17-13)29-7-11(23)24)6-10(22)8-2-4-9(5-3-8)21(27)28/h2-5,10,16-17,22H,6-7H2,1H3,(H,23,24)(H,18,25,26). The maximum Gasteiger partial charge on any atom is 0.329 e. The number of benzene rings is 1. The summed E-state index contributed by atoms with van der Waals surface area (Å²) in [5.74, 6) is -1.13. The predicted molar refractivity (Wildman–Crippen MR) is 105 cm³/mol. The third-order valence-electron chi connectivity index (χ3n) is 4.35. The summed E-state index contributed by atoms with van der Waals surface area (Å²) < 4.78 is 1.18. The summed E-state index contributed by atoms with van der Waals surface area (Å²) in [4.78, 5) is 49.1. The van der Waals surface area contributed by atoms with E-state index in [2.05, 4.69) is 10.3 Å². The van der Waals surface area contributed by atoms with Crippen LogP contribution < -0.4 is 21.5 Å². The average molecular weight is 423 g/mol. The van der Waals surface area contributed by atoms with E-state index in [0.29, 0.717) is 5.56 Å². The van der Waals surface area contributed by atoms with Crippen LogP contribution in [0.25, 0.3) is 0 Å². The summed E-state index contributed by atoms with van der Waals surface area (Å²) in [7, 11) is 1.44. The number of carboxylic acid groups (broad SMARTS) is 1. The zero-order valence-corrected chi connectivity index (χ0v) is 15.9. The molecule has 0 radical (unpaired) electrons. The Morgan fingerprint density at radius 2 is 2.00 bits per heavy atom. The van der Waals surface area contributed by atoms with Gasteiger partial charge in [0.2, 0.25) is 0 Å². The Bertz CT molecular complexity index is 1060. The highest BCUT2D eigenvalue weighted by atomic mass is 32.2. The SMILES string of the molecule is Cn1c2c(c(=O)[nH]c1=O)N(CC(O)c1ccc([N+](=O)[O-])cc1)C(SCC(=O)O)N2. The van der Waals surface area contributed by atoms with Gasteiger partial charge in [0.15, 0.2) is 0 Å². The van der Waals surface area contributed by atoms with Crippen molar-refractivity contribution in [2.45, 2.75) is 11.6 Å². The lowest BCUT2D eigenvalue weighted by Crippen LogP contribution is -2.39. The molecule has 1 aliphatic heterocycles. The number of nitro groups is 1. The summed E-state index contributed by atoms with van der Waals surface area (Å²) in [5, 5.41) is 33.3. The normalized spacial score (nSPS) is 16.2. The molecule has 1 aromatic carbocycles. The van der Waals surface area contributed by atoms with E-state index in [1.807, 2.05) is 0 Å². The average Bonchev–Trinajstić information content (AvgIpc) is 3.03. The first kappa shape index (κ1) is 20.4. The second-order valence-electron chi connectivity index (χ2n) is 6.23. The van der Waals surface area contributed by atoms with E-state index < -0.39 is 33.7 Å². The van der Waals surface area contributed by atoms with Gasteiger partial charge in [-0.2, -0.15) is 0 Å². The van der Waals surface area contributed by atoms with Crippen molar-refractivity contribution < 1.29 is 19.9 Å². The van der Waals surface area contributed by atoms with Crippen molar-refractivity contribution in [3.63, 3.8) is 0 Å². The second-order valence-corrected chi connectivity index (χ2v) is 7.30. The Kier molecular flexibility index (Phi) is 5.61. The molecule has 2 aromatic rings. The number of hydrogen-bond donors (Lipinski definition) is 4. The fraction of sp³-hybridized carbons (Fsp3) is 0.312. The molecule has 0 saturated heterocycles. The molecule has 2 atom stereocenters. The van der Waals surface area contributed by atoms with Crippen LogP contribution in [0, 0.1) is 10.1 Å². The third-order valence-corrected chi connectivity index (χ3v) is 5.46. The number of thioether (sulfide) groups is 1. The predicted octanol–water partition coefficient (Wildman–Crippen LogP) is 0.0487. The highest BCUT2D eigenvalue weighted by Gasteiger charge is 2.35. The number of aliphatic carboxylic acids is 1. The van der Waals surface area contributed by atoms with Gasteiger partial charge in [-0.1, -0.05) is 0 Å². The van der Waals surface area contributed by atoms with E-state index in [0.717, 1.165) is 11.8 Å². The van der Waals surface area contributed by atoms with Crippen LogP contribution in [0.4, 0.5) is 17.2 Å². The van der Waals surface area contributed by atoms with Crippen LogP contribution in [-0.2, 0) is 11.8 Å². The van der Waals surface area contributed by atoms with Gasteiger partial charge in [0.25, 0.3) is 11.2 Å². The largest absolute Gasteiger partial charge is 0.481 e. The van der Waals surface area contributed by atoms with Gasteiger partial charge in [-0.15, -0.1) is 11.8 Å². The summed E-state index contributed by atoms with van der Waals surface area (Å²) in [6, 6.07) is 5.30. The van der Waals surface area contributed by atoms with Crippen molar-refractivity contribution in [3.05, 3.63) is 60.8 Å². The molecule has 1 aliphatic rings. The molecule has 0 aliphatic carbocycles. The second kappa shape index (κ2) is 7.97. The molecule has 0 amide bonds. The Labute approximate surface area is 166 Å². The lowest BCUT2D eigenvalue weighted by Gasteiger charge is -2.27. The quantitative estimate of drug-likeness (QED) is 0.352. The van der Waals surface area contributed by atoms with Gasteiger partial charge < -0.3 is 20.4 Å². The van der Waals surface area contributed by atoms with E-state index >= 15 is 0 Å². The lowest BCUT2D eigenvalue weighted by atomic mass is 10.1. The first-order chi connectivity index (χ1) is 13.7. The van der Waals surface area contributed by atoms with Crippen molar-refractivity contribution in [1.82, 2.24) is 9.55 Å². The fourth-order valence-electron chi connectivity index (χ4n) is 2.93. The summed E-state index contributed by atoms with van der Waals surface area (Å²) in [6.45, 7) is -0.115. The molecule has 0 spiro atoms. The minimum Gasteiger partial charge on any atom is -0.481 e. The van der Waals surface area contributed by atoms with Gasteiger partial charge in [-0.3, -0.25) is 29.3 Å². The van der Waals surface area contributed by atoms with Crippen LogP contribution in [0.1, 0.15) is 11.7 Å². The van der Waals surface area contributed by atoms with E-state index in [9.17, 15) is 29.6 Å². The number of aliphatic hydroxyl groups excluding tert-OH is 1. The Balaban J connectivity index is 1.92. The van der Waals surface area contributed by atoms with Gasteiger partial charge >= 0.3 is 11.7 Å². The van der Waals surface area contributed by atoms with Gasteiger partial charge in [-0.25, -0.2) is 4.79 Å². The summed E-state index contributed by atoms with van der Waals surface area (Å²) in [5.41, 5.74) is -1.69. The van der Waals surface area contributed by atoms with E-state index in [-0.39, 0.29) is 29.5 Å². The fourth-order valence-corrected chi connectivity index (χ4v) is 3.80. The van der Waals surface area contributed by atoms with Gasteiger partial charge in [0.1, 0.15) is 17.0 Å². The maximum absolute atomic E-state index is 12.4. The van der Waals surface area contributed by atoms with Crippen molar-refractivity contribution in [2.24, 2.45) is 7.05 Å². The van der Waals surface area contributed by atoms with Crippen molar-refractivity contribution in [1.29, 1.82) is 0 Å². The minimum atomic E-state index is -1.13. The molecule has 0 bridgehead atoms. The number of hydrogen-bond acceptors (Lipinski definition) is 9. The van der Waals surface area contributed by atoms with E-state index in [4.69, 9.17) is 5.11 Å². The first-order valence-electron chi connectivity index (χ1n) is 8.31. The number of nitro benzene ring substituents is 1. The number of carboxylic acids is 1. The van der Waals surface area contributed by atoms with Crippen molar-refractivity contribution in [3.8, 4) is 0 Å². The van der Waals surface area contributed by atoms with E-state index in [1.165, 1.54) is 40.8 Å². The molecule has 0 fully saturated rings. The molecule has 13 heteroatoms. The molecule has 29 heavy (non-hydrogen) atoms. The summed E-state index contributed by atoms with van der Waals surface area (Å²) in [6.07, 6.45) is -1.13. The Morgan fingerprint density at radius 1 is 1.34 bits per heavy atom.